The van der Waals surface area contributed by atoms with Crippen molar-refractivity contribution >= 4 is 27.7 Å². The summed E-state index contributed by atoms with van der Waals surface area (Å²) in [6.07, 6.45) is -0.154. The lowest BCUT2D eigenvalue weighted by Gasteiger charge is -2.32. The lowest BCUT2D eigenvalue weighted by atomic mass is 9.80. The molecular weight excluding hydrogens is 708 g/mol. The van der Waals surface area contributed by atoms with Crippen molar-refractivity contribution in [2.24, 2.45) is 10.1 Å². The summed E-state index contributed by atoms with van der Waals surface area (Å²) in [7, 11) is 0. The molecular formula is C40H35BrN6O4. The molecule has 0 bridgehead atoms. The van der Waals surface area contributed by atoms with Crippen LogP contribution in [0.3, 0.4) is 0 Å². The number of nitrogens with one attached hydrogen (secondary N) is 2. The second kappa shape index (κ2) is 15.2. The summed E-state index contributed by atoms with van der Waals surface area (Å²) in [5.74, 6) is 0.557. The largest absolute Gasteiger partial charge is 0.494 e. The fourth-order valence-corrected chi connectivity index (χ4v) is 7.04. The molecule has 1 amide bonds. The smallest absolute Gasteiger partial charge is 0.266 e. The number of halogens is 1. The average molecular weight is 744 g/mol. The predicted octanol–water partition coefficient (Wildman–Crippen LogP) is 7.91. The summed E-state index contributed by atoms with van der Waals surface area (Å²) in [5, 5.41) is 13.0. The fraction of sp³-hybridized carbons (Fsp3) is 0.200. The zero-order chi connectivity index (χ0) is 35.2. The van der Waals surface area contributed by atoms with Crippen molar-refractivity contribution in [1.82, 2.24) is 10.9 Å². The molecule has 1 aliphatic heterocycles. The van der Waals surface area contributed by atoms with Crippen LogP contribution in [-0.2, 0) is 22.5 Å². The van der Waals surface area contributed by atoms with Crippen LogP contribution in [0.4, 0.5) is 0 Å². The minimum Gasteiger partial charge on any atom is -0.494 e. The number of azide groups is 1. The molecule has 51 heavy (non-hydrogen) atoms. The Kier molecular flexibility index (Phi) is 10.1. The normalized spacial score (nSPS) is 17.5. The summed E-state index contributed by atoms with van der Waals surface area (Å²) in [6, 6.07) is 38.7. The van der Waals surface area contributed by atoms with Gasteiger partial charge in [-0.05, 0) is 80.9 Å². The number of aliphatic hydroxyl groups is 1. The van der Waals surface area contributed by atoms with Gasteiger partial charge in [-0.1, -0.05) is 106 Å². The number of benzene rings is 5. The minimum absolute atomic E-state index is 0.0441. The van der Waals surface area contributed by atoms with Crippen molar-refractivity contribution in [3.63, 3.8) is 0 Å². The maximum Gasteiger partial charge on any atom is 0.266 e. The number of amides is 1. The Labute approximate surface area is 303 Å². The summed E-state index contributed by atoms with van der Waals surface area (Å²) in [6.45, 7) is 0.505. The fourth-order valence-electron chi connectivity index (χ4n) is 6.77. The van der Waals surface area contributed by atoms with Crippen LogP contribution in [0.25, 0.3) is 21.6 Å². The second-order valence-corrected chi connectivity index (χ2v) is 13.3. The van der Waals surface area contributed by atoms with E-state index in [0.717, 1.165) is 37.9 Å². The third-order valence-corrected chi connectivity index (χ3v) is 9.75. The van der Waals surface area contributed by atoms with E-state index in [1.807, 2.05) is 97.1 Å². The molecule has 0 spiro atoms. The van der Waals surface area contributed by atoms with Gasteiger partial charge >= 0.3 is 0 Å². The summed E-state index contributed by atoms with van der Waals surface area (Å²) >= 11 is 3.53. The van der Waals surface area contributed by atoms with E-state index < -0.39 is 11.6 Å². The van der Waals surface area contributed by atoms with E-state index in [-0.39, 0.29) is 31.5 Å². The molecule has 0 fully saturated rings. The van der Waals surface area contributed by atoms with E-state index in [9.17, 15) is 5.53 Å². The van der Waals surface area contributed by atoms with Gasteiger partial charge in [0.1, 0.15) is 5.75 Å². The van der Waals surface area contributed by atoms with Crippen molar-refractivity contribution < 1.29 is 19.4 Å². The Morgan fingerprint density at radius 1 is 0.902 bits per heavy atom. The Morgan fingerprint density at radius 3 is 2.22 bits per heavy atom. The van der Waals surface area contributed by atoms with E-state index >= 15 is 4.79 Å². The van der Waals surface area contributed by atoms with Crippen LogP contribution < -0.4 is 15.6 Å². The highest BCUT2D eigenvalue weighted by atomic mass is 79.9. The van der Waals surface area contributed by atoms with E-state index in [0.29, 0.717) is 35.8 Å². The number of carbonyl (C=O) groups is 1. The lowest BCUT2D eigenvalue weighted by Crippen LogP contribution is -2.54. The number of hydrogen-bond donors (Lipinski definition) is 3. The standard InChI is InChI=1S/C40H35BrN6O4/c41-29-18-14-26(15-19-29)24-40(39(49)46-45-36-34-12-5-3-10-32(34)33-11-4-6-13-35(33)36)37(31-9-2-1-8-28(31)25-43-47-42)51-38(44-40)27-16-20-30(21-17-27)50-23-7-22-48/h1-6,8-21,36-37,45,48H,7,22-25H2,(H,46,49)/t37-,40-/m0/s1. The van der Waals surface area contributed by atoms with Crippen molar-refractivity contribution in [3.8, 4) is 16.9 Å². The zero-order valence-corrected chi connectivity index (χ0v) is 29.2. The molecule has 11 heteroatoms. The van der Waals surface area contributed by atoms with Gasteiger partial charge in [-0.15, -0.1) is 0 Å². The highest BCUT2D eigenvalue weighted by Crippen LogP contribution is 2.45. The van der Waals surface area contributed by atoms with Crippen molar-refractivity contribution in [1.29, 1.82) is 0 Å². The zero-order valence-electron chi connectivity index (χ0n) is 27.6. The molecule has 10 nitrogen and oxygen atoms in total. The molecule has 0 radical (unpaired) electrons. The molecule has 5 aromatic carbocycles. The molecule has 3 N–H and O–H groups in total. The van der Waals surface area contributed by atoms with Crippen LogP contribution in [-0.4, -0.2) is 35.7 Å². The topological polar surface area (TPSA) is 141 Å². The Bertz CT molecular complexity index is 2070. The number of ether oxygens (including phenoxy) is 2. The number of hydrazine groups is 1. The molecule has 0 unspecified atom stereocenters. The number of carbonyl (C=O) groups excluding carboxylic acids is 1. The number of nitrogens with zero attached hydrogens (tertiary/aromatic N) is 4. The van der Waals surface area contributed by atoms with Crippen molar-refractivity contribution in [2.75, 3.05) is 13.2 Å². The van der Waals surface area contributed by atoms with Gasteiger partial charge < -0.3 is 14.6 Å². The molecule has 1 aliphatic carbocycles. The van der Waals surface area contributed by atoms with Gasteiger partial charge in [-0.3, -0.25) is 10.2 Å². The van der Waals surface area contributed by atoms with Gasteiger partial charge in [-0.25, -0.2) is 10.4 Å². The molecule has 256 valence electrons. The molecule has 0 saturated heterocycles. The first-order chi connectivity index (χ1) is 25.0. The maximum absolute atomic E-state index is 15.0. The van der Waals surface area contributed by atoms with Gasteiger partial charge in [0.05, 0.1) is 19.2 Å². The Balaban J connectivity index is 1.31. The highest BCUT2D eigenvalue weighted by Gasteiger charge is 2.54. The molecule has 1 heterocycles. The molecule has 2 atom stereocenters. The van der Waals surface area contributed by atoms with Crippen LogP contribution in [0, 0.1) is 0 Å². The Morgan fingerprint density at radius 2 is 1.55 bits per heavy atom. The molecule has 5 aromatic rings. The summed E-state index contributed by atoms with van der Waals surface area (Å²) < 4.78 is 13.4. The van der Waals surface area contributed by atoms with E-state index in [1.54, 1.807) is 0 Å². The van der Waals surface area contributed by atoms with Crippen LogP contribution in [0.15, 0.2) is 136 Å². The van der Waals surface area contributed by atoms with Gasteiger partial charge in [0.25, 0.3) is 5.91 Å². The third-order valence-electron chi connectivity index (χ3n) is 9.22. The SMILES string of the molecule is [N-]=[N+]=NCc1ccccc1[C@@H]1OC(c2ccc(OCCCO)cc2)=N[C@]1(Cc1ccc(Br)cc1)C(=O)NNC1c2ccccc2-c2ccccc21. The number of rotatable bonds is 13. The van der Waals surface area contributed by atoms with Gasteiger partial charge in [-0.2, -0.15) is 0 Å². The van der Waals surface area contributed by atoms with Crippen LogP contribution in [0.2, 0.25) is 0 Å². The number of fused-ring (bicyclic) bond motifs is 3. The number of aliphatic imine (C=N–C) groups is 1. The monoisotopic (exact) mass is 742 g/mol. The Hall–Kier alpha value is -5.45. The van der Waals surface area contributed by atoms with Crippen LogP contribution in [0.5, 0.6) is 5.75 Å². The second-order valence-electron chi connectivity index (χ2n) is 12.4. The van der Waals surface area contributed by atoms with Gasteiger partial charge in [0.2, 0.25) is 5.90 Å². The third kappa shape index (κ3) is 6.97. The predicted molar refractivity (Wildman–Crippen MR) is 199 cm³/mol. The first-order valence-electron chi connectivity index (χ1n) is 16.7. The first-order valence-corrected chi connectivity index (χ1v) is 17.5. The highest BCUT2D eigenvalue weighted by molar-refractivity contribution is 9.10. The van der Waals surface area contributed by atoms with Crippen molar-refractivity contribution in [3.05, 3.63) is 170 Å². The summed E-state index contributed by atoms with van der Waals surface area (Å²) in [5.41, 5.74) is 21.5. The number of aliphatic hydroxyl groups excluding tert-OH is 1. The average Bonchev–Trinajstić information content (AvgIpc) is 3.71. The molecule has 7 rings (SSSR count). The van der Waals surface area contributed by atoms with E-state index in [2.05, 4.69) is 61.1 Å². The minimum atomic E-state index is -1.49. The van der Waals surface area contributed by atoms with E-state index in [4.69, 9.17) is 19.6 Å². The van der Waals surface area contributed by atoms with Crippen molar-refractivity contribution in [2.45, 2.75) is 37.1 Å². The van der Waals surface area contributed by atoms with Gasteiger partial charge in [0, 0.05) is 34.4 Å². The van der Waals surface area contributed by atoms with E-state index in [1.165, 1.54) is 0 Å². The quantitative estimate of drug-likeness (QED) is 0.0370. The maximum atomic E-state index is 15.0. The first kappa shape index (κ1) is 34.0. The summed E-state index contributed by atoms with van der Waals surface area (Å²) in [4.78, 5) is 23.2. The van der Waals surface area contributed by atoms with Crippen LogP contribution >= 0.6 is 15.9 Å². The van der Waals surface area contributed by atoms with Gasteiger partial charge in [0.15, 0.2) is 11.6 Å². The molecule has 2 aliphatic rings. The number of hydrogen-bond acceptors (Lipinski definition) is 7. The lowest BCUT2D eigenvalue weighted by molar-refractivity contribution is -0.130. The molecule has 0 saturated carbocycles. The van der Waals surface area contributed by atoms with Crippen LogP contribution in [0.1, 0.15) is 51.9 Å². The molecule has 0 aromatic heterocycles.